The first-order valence-electron chi connectivity index (χ1n) is 5.93. The summed E-state index contributed by atoms with van der Waals surface area (Å²) in [4.78, 5) is 19.2. The van der Waals surface area contributed by atoms with Gasteiger partial charge in [-0.1, -0.05) is 18.2 Å². The molecule has 0 aliphatic heterocycles. The Morgan fingerprint density at radius 3 is 3.05 bits per heavy atom. The third-order valence-corrected chi connectivity index (χ3v) is 2.89. The summed E-state index contributed by atoms with van der Waals surface area (Å²) in [7, 11) is 1.79. The van der Waals surface area contributed by atoms with Gasteiger partial charge >= 0.3 is 0 Å². The number of hydrogen-bond acceptors (Lipinski definition) is 3. The minimum absolute atomic E-state index is 0.134. The molecule has 0 aliphatic rings. The molecule has 3 aromatic rings. The van der Waals surface area contributed by atoms with Crippen LogP contribution in [0.5, 0.6) is 0 Å². The van der Waals surface area contributed by atoms with E-state index in [0.717, 1.165) is 10.9 Å². The molecule has 0 radical (unpaired) electrons. The summed E-state index contributed by atoms with van der Waals surface area (Å²) in [6, 6.07) is 7.69. The number of fused-ring (bicyclic) bond motifs is 1. The Morgan fingerprint density at radius 1 is 1.42 bits per heavy atom. The molecule has 0 saturated carbocycles. The molecular formula is C13H13N5O. The van der Waals surface area contributed by atoms with Crippen LogP contribution in [0.15, 0.2) is 36.8 Å². The molecule has 2 aromatic heterocycles. The third-order valence-electron chi connectivity index (χ3n) is 2.89. The number of amides is 1. The van der Waals surface area contributed by atoms with Crippen molar-refractivity contribution in [3.63, 3.8) is 0 Å². The van der Waals surface area contributed by atoms with E-state index in [-0.39, 0.29) is 5.91 Å². The van der Waals surface area contributed by atoms with E-state index >= 15 is 0 Å². The second kappa shape index (κ2) is 4.56. The van der Waals surface area contributed by atoms with Crippen LogP contribution in [0.2, 0.25) is 0 Å². The maximum absolute atomic E-state index is 12.1. The first-order valence-corrected chi connectivity index (χ1v) is 5.93. The van der Waals surface area contributed by atoms with Crippen LogP contribution in [0.4, 0.5) is 0 Å². The number of carbonyl (C=O) groups is 1. The highest BCUT2D eigenvalue weighted by Gasteiger charge is 2.11. The fraction of sp³-hybridized carbons (Fsp3) is 0.154. The number of aryl methyl sites for hydroxylation is 1. The van der Waals surface area contributed by atoms with Crippen molar-refractivity contribution in [1.29, 1.82) is 0 Å². The van der Waals surface area contributed by atoms with Crippen molar-refractivity contribution in [2.45, 2.75) is 6.54 Å². The summed E-state index contributed by atoms with van der Waals surface area (Å²) < 4.78 is 1.60. The fourth-order valence-electron chi connectivity index (χ4n) is 1.98. The van der Waals surface area contributed by atoms with E-state index in [9.17, 15) is 4.79 Å². The first kappa shape index (κ1) is 11.5. The van der Waals surface area contributed by atoms with E-state index in [1.54, 1.807) is 24.3 Å². The number of benzene rings is 1. The number of para-hydroxylation sites is 1. The molecule has 2 N–H and O–H groups in total. The predicted octanol–water partition coefficient (Wildman–Crippen LogP) is 1.23. The number of aromatic amines is 1. The Kier molecular flexibility index (Phi) is 2.75. The average Bonchev–Trinajstić information content (AvgIpc) is 3.02. The van der Waals surface area contributed by atoms with Gasteiger partial charge in [0.25, 0.3) is 5.91 Å². The van der Waals surface area contributed by atoms with Crippen molar-refractivity contribution >= 4 is 16.8 Å². The highest BCUT2D eigenvalue weighted by molar-refractivity contribution is 6.06. The molecule has 19 heavy (non-hydrogen) atoms. The summed E-state index contributed by atoms with van der Waals surface area (Å²) in [6.07, 6.45) is 3.32. The van der Waals surface area contributed by atoms with Crippen LogP contribution in [-0.2, 0) is 13.6 Å². The van der Waals surface area contributed by atoms with E-state index < -0.39 is 0 Å². The molecule has 0 fully saturated rings. The highest BCUT2D eigenvalue weighted by atomic mass is 16.1. The second-order valence-electron chi connectivity index (χ2n) is 4.27. The lowest BCUT2D eigenvalue weighted by molar-refractivity contribution is 0.0951. The average molecular weight is 255 g/mol. The molecule has 6 heteroatoms. The minimum atomic E-state index is -0.134. The Hall–Kier alpha value is -2.63. The monoisotopic (exact) mass is 255 g/mol. The Labute approximate surface area is 109 Å². The lowest BCUT2D eigenvalue weighted by Crippen LogP contribution is -2.23. The van der Waals surface area contributed by atoms with Crippen molar-refractivity contribution in [2.24, 2.45) is 7.05 Å². The summed E-state index contributed by atoms with van der Waals surface area (Å²) >= 11 is 0. The van der Waals surface area contributed by atoms with Gasteiger partial charge in [0, 0.05) is 24.1 Å². The molecule has 1 amide bonds. The van der Waals surface area contributed by atoms with Gasteiger partial charge in [-0.25, -0.2) is 4.98 Å². The quantitative estimate of drug-likeness (QED) is 0.739. The number of hydrogen-bond donors (Lipinski definition) is 2. The number of nitrogens with zero attached hydrogens (tertiary/aromatic N) is 3. The third kappa shape index (κ3) is 2.20. The normalized spacial score (nSPS) is 10.8. The van der Waals surface area contributed by atoms with Gasteiger partial charge in [-0.15, -0.1) is 0 Å². The summed E-state index contributed by atoms with van der Waals surface area (Å²) in [6.45, 7) is 0.319. The lowest BCUT2D eigenvalue weighted by Gasteiger charge is -2.01. The van der Waals surface area contributed by atoms with Crippen LogP contribution in [0.3, 0.4) is 0 Å². The molecule has 0 aliphatic carbocycles. The smallest absolute Gasteiger partial charge is 0.253 e. The largest absolute Gasteiger partial charge is 0.360 e. The number of H-pyrrole nitrogens is 1. The second-order valence-corrected chi connectivity index (χ2v) is 4.27. The zero-order valence-electron chi connectivity index (χ0n) is 10.4. The molecule has 1 aromatic carbocycles. The standard InChI is InChI=1S/C13H13N5O/c1-18-8-16-12(17-18)7-15-13(19)10-6-14-11-5-3-2-4-9(10)11/h2-6,8,14H,7H2,1H3,(H,15,19). The highest BCUT2D eigenvalue weighted by Crippen LogP contribution is 2.17. The molecule has 2 heterocycles. The SMILES string of the molecule is Cn1cnc(CNC(=O)c2c[nH]c3ccccc23)n1. The molecule has 96 valence electrons. The van der Waals surface area contributed by atoms with Crippen LogP contribution in [-0.4, -0.2) is 25.7 Å². The molecule has 0 bridgehead atoms. The van der Waals surface area contributed by atoms with Crippen molar-refractivity contribution in [3.8, 4) is 0 Å². The van der Waals surface area contributed by atoms with Gasteiger partial charge in [-0.2, -0.15) is 5.10 Å². The molecule has 0 atom stereocenters. The van der Waals surface area contributed by atoms with Gasteiger partial charge in [-0.05, 0) is 6.07 Å². The Balaban J connectivity index is 1.77. The molecule has 3 rings (SSSR count). The lowest BCUT2D eigenvalue weighted by atomic mass is 10.1. The summed E-state index contributed by atoms with van der Waals surface area (Å²) in [5.41, 5.74) is 1.58. The van der Waals surface area contributed by atoms with Crippen molar-refractivity contribution < 1.29 is 4.79 Å². The van der Waals surface area contributed by atoms with Crippen molar-refractivity contribution in [1.82, 2.24) is 25.1 Å². The molecule has 0 unspecified atom stereocenters. The van der Waals surface area contributed by atoms with E-state index in [4.69, 9.17) is 0 Å². The molecular weight excluding hydrogens is 242 g/mol. The van der Waals surface area contributed by atoms with Crippen molar-refractivity contribution in [3.05, 3.63) is 48.2 Å². The van der Waals surface area contributed by atoms with Gasteiger partial charge in [0.15, 0.2) is 5.82 Å². The first-order chi connectivity index (χ1) is 9.24. The van der Waals surface area contributed by atoms with Crippen LogP contribution >= 0.6 is 0 Å². The molecule has 6 nitrogen and oxygen atoms in total. The summed E-state index contributed by atoms with van der Waals surface area (Å²) in [5, 5.41) is 7.83. The topological polar surface area (TPSA) is 75.6 Å². The Morgan fingerprint density at radius 2 is 2.26 bits per heavy atom. The number of nitrogens with one attached hydrogen (secondary N) is 2. The van der Waals surface area contributed by atoms with Crippen LogP contribution < -0.4 is 5.32 Å². The van der Waals surface area contributed by atoms with Gasteiger partial charge in [-0.3, -0.25) is 9.48 Å². The van der Waals surface area contributed by atoms with Gasteiger partial charge in [0.2, 0.25) is 0 Å². The molecule has 0 spiro atoms. The maximum Gasteiger partial charge on any atom is 0.253 e. The van der Waals surface area contributed by atoms with E-state index in [0.29, 0.717) is 17.9 Å². The number of rotatable bonds is 3. The van der Waals surface area contributed by atoms with Crippen LogP contribution in [0, 0.1) is 0 Å². The van der Waals surface area contributed by atoms with E-state index in [1.165, 1.54) is 0 Å². The number of aromatic nitrogens is 4. The zero-order chi connectivity index (χ0) is 13.2. The minimum Gasteiger partial charge on any atom is -0.360 e. The van der Waals surface area contributed by atoms with Gasteiger partial charge in [0.1, 0.15) is 6.33 Å². The zero-order valence-corrected chi connectivity index (χ0v) is 10.4. The molecule has 0 saturated heterocycles. The fourth-order valence-corrected chi connectivity index (χ4v) is 1.98. The van der Waals surface area contributed by atoms with Gasteiger partial charge in [0.05, 0.1) is 12.1 Å². The van der Waals surface area contributed by atoms with E-state index in [2.05, 4.69) is 20.4 Å². The van der Waals surface area contributed by atoms with E-state index in [1.807, 2.05) is 24.3 Å². The maximum atomic E-state index is 12.1. The Bertz CT molecular complexity index is 727. The predicted molar refractivity (Wildman–Crippen MR) is 70.5 cm³/mol. The van der Waals surface area contributed by atoms with Crippen LogP contribution in [0.1, 0.15) is 16.2 Å². The number of carbonyl (C=O) groups excluding carboxylic acids is 1. The van der Waals surface area contributed by atoms with Crippen molar-refractivity contribution in [2.75, 3.05) is 0 Å². The van der Waals surface area contributed by atoms with Gasteiger partial charge < -0.3 is 10.3 Å². The summed E-state index contributed by atoms with van der Waals surface area (Å²) in [5.74, 6) is 0.459. The van der Waals surface area contributed by atoms with Crippen LogP contribution in [0.25, 0.3) is 10.9 Å².